The number of aryl methyl sites for hydroxylation is 1. The molecule has 4 nitrogen and oxygen atoms in total. The summed E-state index contributed by atoms with van der Waals surface area (Å²) < 4.78 is 3.34. The van der Waals surface area contributed by atoms with E-state index >= 15 is 0 Å². The van der Waals surface area contributed by atoms with Crippen LogP contribution >= 0.6 is 0 Å². The summed E-state index contributed by atoms with van der Waals surface area (Å²) in [4.78, 5) is 0. The quantitative estimate of drug-likeness (QED) is 0.395. The molecule has 0 fully saturated rings. The SMILES string of the molecule is CCCCCCn1c[n+](N)cn1. The minimum atomic E-state index is 0.976. The van der Waals surface area contributed by atoms with E-state index in [1.807, 2.05) is 4.68 Å². The molecule has 0 saturated carbocycles. The van der Waals surface area contributed by atoms with Gasteiger partial charge in [-0.15, -0.1) is 9.36 Å². The standard InChI is InChI=1S/C8H17N4/c1-2-3-4-5-6-12-8-11(9)7-10-12/h7-8H,2-6,9H2,1H3/q+1. The smallest absolute Gasteiger partial charge is 0.286 e. The Morgan fingerprint density at radius 2 is 2.25 bits per heavy atom. The van der Waals surface area contributed by atoms with Crippen LogP contribution in [0.1, 0.15) is 32.6 Å². The van der Waals surface area contributed by atoms with Gasteiger partial charge in [0.05, 0.1) is 0 Å². The van der Waals surface area contributed by atoms with Crippen LogP contribution in [-0.4, -0.2) is 9.78 Å². The van der Waals surface area contributed by atoms with Crippen LogP contribution < -0.4 is 10.5 Å². The number of aromatic nitrogens is 3. The number of nitrogens with zero attached hydrogens (tertiary/aromatic N) is 3. The molecule has 1 aromatic rings. The molecule has 1 rings (SSSR count). The van der Waals surface area contributed by atoms with Crippen LogP contribution in [0.15, 0.2) is 12.7 Å². The summed E-state index contributed by atoms with van der Waals surface area (Å²) in [5.74, 6) is 5.44. The molecule has 0 atom stereocenters. The first-order chi connectivity index (χ1) is 5.83. The normalized spacial score (nSPS) is 10.4. The molecule has 0 spiro atoms. The van der Waals surface area contributed by atoms with E-state index in [2.05, 4.69) is 12.0 Å². The highest BCUT2D eigenvalue weighted by atomic mass is 15.4. The molecule has 1 aromatic heterocycles. The van der Waals surface area contributed by atoms with Crippen molar-refractivity contribution in [1.82, 2.24) is 9.78 Å². The zero-order valence-corrected chi connectivity index (χ0v) is 7.61. The van der Waals surface area contributed by atoms with Gasteiger partial charge in [0.25, 0.3) is 6.33 Å². The van der Waals surface area contributed by atoms with Gasteiger partial charge in [-0.3, -0.25) is 5.84 Å². The van der Waals surface area contributed by atoms with E-state index in [0.29, 0.717) is 0 Å². The third-order valence-corrected chi connectivity index (χ3v) is 1.84. The van der Waals surface area contributed by atoms with E-state index in [1.165, 1.54) is 30.4 Å². The van der Waals surface area contributed by atoms with E-state index in [0.717, 1.165) is 6.54 Å². The molecule has 2 N–H and O–H groups in total. The first kappa shape index (κ1) is 9.03. The van der Waals surface area contributed by atoms with Crippen LogP contribution in [0.5, 0.6) is 0 Å². The first-order valence-electron chi connectivity index (χ1n) is 4.51. The van der Waals surface area contributed by atoms with Crippen molar-refractivity contribution < 1.29 is 4.68 Å². The van der Waals surface area contributed by atoms with Crippen LogP contribution in [-0.2, 0) is 6.54 Å². The van der Waals surface area contributed by atoms with Crippen molar-refractivity contribution >= 4 is 0 Å². The number of hydrogen-bond donors (Lipinski definition) is 1. The summed E-state index contributed by atoms with van der Waals surface area (Å²) >= 11 is 0. The van der Waals surface area contributed by atoms with Gasteiger partial charge in [0.1, 0.15) is 6.54 Å². The second kappa shape index (κ2) is 4.74. The molecule has 68 valence electrons. The molecule has 1 heterocycles. The fourth-order valence-corrected chi connectivity index (χ4v) is 1.16. The van der Waals surface area contributed by atoms with Gasteiger partial charge in [-0.25, -0.2) is 0 Å². The highest BCUT2D eigenvalue weighted by Gasteiger charge is 2.01. The van der Waals surface area contributed by atoms with Crippen LogP contribution in [0.3, 0.4) is 0 Å². The lowest BCUT2D eigenvalue weighted by Gasteiger charge is -1.93. The Balaban J connectivity index is 2.15. The third kappa shape index (κ3) is 2.90. The van der Waals surface area contributed by atoms with Gasteiger partial charge in [0.15, 0.2) is 0 Å². The van der Waals surface area contributed by atoms with Crippen LogP contribution in [0.2, 0.25) is 0 Å². The number of nitrogens with two attached hydrogens (primary N) is 1. The number of rotatable bonds is 5. The number of nitrogen functional groups attached to an aromatic ring is 1. The van der Waals surface area contributed by atoms with Gasteiger partial charge in [-0.1, -0.05) is 26.2 Å². The minimum Gasteiger partial charge on any atom is -0.289 e. The van der Waals surface area contributed by atoms with Crippen LogP contribution in [0, 0.1) is 0 Å². The molecular weight excluding hydrogens is 152 g/mol. The van der Waals surface area contributed by atoms with Crippen molar-refractivity contribution in [3.05, 3.63) is 12.7 Å². The van der Waals surface area contributed by atoms with E-state index < -0.39 is 0 Å². The molecule has 0 amide bonds. The first-order valence-corrected chi connectivity index (χ1v) is 4.51. The van der Waals surface area contributed by atoms with Crippen molar-refractivity contribution in [3.8, 4) is 0 Å². The van der Waals surface area contributed by atoms with Crippen molar-refractivity contribution in [3.63, 3.8) is 0 Å². The van der Waals surface area contributed by atoms with Gasteiger partial charge in [0, 0.05) is 5.10 Å². The van der Waals surface area contributed by atoms with Crippen molar-refractivity contribution in [1.29, 1.82) is 0 Å². The third-order valence-electron chi connectivity index (χ3n) is 1.84. The summed E-state index contributed by atoms with van der Waals surface area (Å²) in [5.41, 5.74) is 0. The van der Waals surface area contributed by atoms with Crippen molar-refractivity contribution in [2.45, 2.75) is 39.2 Å². The van der Waals surface area contributed by atoms with Gasteiger partial charge >= 0.3 is 0 Å². The lowest BCUT2D eigenvalue weighted by Crippen LogP contribution is -2.42. The highest BCUT2D eigenvalue weighted by Crippen LogP contribution is 1.99. The van der Waals surface area contributed by atoms with Crippen molar-refractivity contribution in [2.24, 2.45) is 0 Å². The molecule has 0 aromatic carbocycles. The molecule has 0 aliphatic carbocycles. The van der Waals surface area contributed by atoms with E-state index in [4.69, 9.17) is 5.84 Å². The van der Waals surface area contributed by atoms with E-state index in [9.17, 15) is 0 Å². The Kier molecular flexibility index (Phi) is 3.57. The average Bonchev–Trinajstić information content (AvgIpc) is 2.45. The lowest BCUT2D eigenvalue weighted by atomic mass is 10.2. The second-order valence-electron chi connectivity index (χ2n) is 3.02. The molecule has 0 unspecified atom stereocenters. The molecule has 0 saturated heterocycles. The maximum Gasteiger partial charge on any atom is 0.286 e. The lowest BCUT2D eigenvalue weighted by molar-refractivity contribution is -0.639. The second-order valence-corrected chi connectivity index (χ2v) is 3.02. The predicted molar refractivity (Wildman–Crippen MR) is 46.7 cm³/mol. The molecular formula is C8H17N4+. The summed E-state index contributed by atoms with van der Waals surface area (Å²) in [5, 5.41) is 4.07. The summed E-state index contributed by atoms with van der Waals surface area (Å²) in [6, 6.07) is 0. The summed E-state index contributed by atoms with van der Waals surface area (Å²) in [6.45, 7) is 3.19. The minimum absolute atomic E-state index is 0.976. The molecule has 4 heteroatoms. The van der Waals surface area contributed by atoms with Gasteiger partial charge in [0.2, 0.25) is 6.33 Å². The Morgan fingerprint density at radius 1 is 1.42 bits per heavy atom. The number of hydrogen-bond acceptors (Lipinski definition) is 2. The summed E-state index contributed by atoms with van der Waals surface area (Å²) in [6.07, 6.45) is 8.46. The van der Waals surface area contributed by atoms with Crippen molar-refractivity contribution in [2.75, 3.05) is 5.84 Å². The Labute approximate surface area is 73.0 Å². The molecule has 12 heavy (non-hydrogen) atoms. The molecule has 0 bridgehead atoms. The zero-order valence-electron chi connectivity index (χ0n) is 7.61. The molecule has 0 aliphatic heterocycles. The van der Waals surface area contributed by atoms with E-state index in [1.54, 1.807) is 12.7 Å². The Bertz CT molecular complexity index is 219. The largest absolute Gasteiger partial charge is 0.289 e. The molecule has 0 aliphatic rings. The molecule has 0 radical (unpaired) electrons. The predicted octanol–water partition coefficient (Wildman–Crippen LogP) is 0.465. The fraction of sp³-hybridized carbons (Fsp3) is 0.750. The van der Waals surface area contributed by atoms with Gasteiger partial charge < -0.3 is 0 Å². The topological polar surface area (TPSA) is 47.7 Å². The van der Waals surface area contributed by atoms with E-state index in [-0.39, 0.29) is 0 Å². The Hall–Kier alpha value is -1.06. The van der Waals surface area contributed by atoms with Gasteiger partial charge in [-0.2, -0.15) is 0 Å². The fourth-order valence-electron chi connectivity index (χ4n) is 1.16. The average molecular weight is 169 g/mol. The maximum atomic E-state index is 5.44. The Morgan fingerprint density at radius 3 is 2.83 bits per heavy atom. The summed E-state index contributed by atoms with van der Waals surface area (Å²) in [7, 11) is 0. The zero-order chi connectivity index (χ0) is 8.81. The maximum absolute atomic E-state index is 5.44. The number of unbranched alkanes of at least 4 members (excludes halogenated alkanes) is 3. The van der Waals surface area contributed by atoms with Crippen LogP contribution in [0.4, 0.5) is 0 Å². The monoisotopic (exact) mass is 169 g/mol. The van der Waals surface area contributed by atoms with Crippen LogP contribution in [0.25, 0.3) is 0 Å². The highest BCUT2D eigenvalue weighted by molar-refractivity contribution is 4.47. The van der Waals surface area contributed by atoms with Gasteiger partial charge in [-0.05, 0) is 6.42 Å².